The van der Waals surface area contributed by atoms with Crippen LogP contribution < -0.4 is 10.6 Å². The molecule has 1 aliphatic rings. The summed E-state index contributed by atoms with van der Waals surface area (Å²) in [6.07, 6.45) is 1.22. The monoisotopic (exact) mass is 305 g/mol. The van der Waals surface area contributed by atoms with Crippen LogP contribution in [0, 0.1) is 0 Å². The molecule has 0 spiro atoms. The molecule has 1 saturated heterocycles. The maximum Gasteiger partial charge on any atom is 0.184 e. The predicted octanol–water partition coefficient (Wildman–Crippen LogP) is 0.870. The Labute approximate surface area is 117 Å². The average molecular weight is 305 g/mol. The Morgan fingerprint density at radius 1 is 1.47 bits per heavy atom. The quantitative estimate of drug-likeness (QED) is 0.860. The first-order valence-corrected chi connectivity index (χ1v) is 8.64. The first kappa shape index (κ1) is 14.5. The number of hydrogen-bond donors (Lipinski definition) is 2. The number of nitrogen functional groups attached to an aromatic ring is 1. The molecule has 6 nitrogen and oxygen atoms in total. The van der Waals surface area contributed by atoms with Crippen molar-refractivity contribution >= 4 is 32.2 Å². The van der Waals surface area contributed by atoms with Crippen molar-refractivity contribution in [2.24, 2.45) is 0 Å². The lowest BCUT2D eigenvalue weighted by Crippen LogP contribution is -2.42. The fraction of sp³-hybridized carbons (Fsp3) is 0.727. The molecule has 0 amide bonds. The van der Waals surface area contributed by atoms with E-state index in [0.29, 0.717) is 30.9 Å². The molecule has 0 saturated carbocycles. The number of nitrogens with two attached hydrogens (primary N) is 1. The van der Waals surface area contributed by atoms with Gasteiger partial charge in [0.2, 0.25) is 0 Å². The molecule has 0 atom stereocenters. The number of anilines is 2. The van der Waals surface area contributed by atoms with E-state index in [0.717, 1.165) is 11.5 Å². The molecule has 0 aliphatic carbocycles. The van der Waals surface area contributed by atoms with E-state index in [4.69, 9.17) is 5.73 Å². The van der Waals surface area contributed by atoms with Crippen LogP contribution in [0.5, 0.6) is 0 Å². The van der Waals surface area contributed by atoms with Crippen molar-refractivity contribution in [1.82, 2.24) is 4.37 Å². The molecule has 19 heavy (non-hydrogen) atoms. The number of sulfone groups is 1. The van der Waals surface area contributed by atoms with E-state index in [-0.39, 0.29) is 16.5 Å². The van der Waals surface area contributed by atoms with Gasteiger partial charge >= 0.3 is 0 Å². The lowest BCUT2D eigenvalue weighted by atomic mass is 9.94. The lowest BCUT2D eigenvalue weighted by molar-refractivity contribution is 0.0352. The van der Waals surface area contributed by atoms with Crippen molar-refractivity contribution in [3.8, 4) is 0 Å². The van der Waals surface area contributed by atoms with Gasteiger partial charge in [-0.2, -0.15) is 4.37 Å². The Morgan fingerprint density at radius 2 is 2.05 bits per heavy atom. The molecule has 2 rings (SSSR count). The molecular weight excluding hydrogens is 286 g/mol. The molecule has 0 bridgehead atoms. The molecule has 2 heterocycles. The van der Waals surface area contributed by atoms with Crippen LogP contribution in [0.25, 0.3) is 0 Å². The van der Waals surface area contributed by atoms with Gasteiger partial charge in [0.25, 0.3) is 0 Å². The third-order valence-corrected chi connectivity index (χ3v) is 6.31. The second kappa shape index (κ2) is 4.92. The molecule has 1 aromatic rings. The first-order chi connectivity index (χ1) is 8.77. The number of hydrogen-bond acceptors (Lipinski definition) is 7. The zero-order valence-corrected chi connectivity index (χ0v) is 12.7. The van der Waals surface area contributed by atoms with Crippen LogP contribution in [0.2, 0.25) is 0 Å². The largest absolute Gasteiger partial charge is 0.390 e. The van der Waals surface area contributed by atoms with Crippen molar-refractivity contribution in [2.75, 3.05) is 29.5 Å². The highest BCUT2D eigenvalue weighted by atomic mass is 32.2. The minimum atomic E-state index is -3.38. The van der Waals surface area contributed by atoms with Gasteiger partial charge in [0.1, 0.15) is 9.90 Å². The second-order valence-corrected chi connectivity index (χ2v) is 8.06. The molecule has 108 valence electrons. The average Bonchev–Trinajstić information content (AvgIpc) is 2.72. The summed E-state index contributed by atoms with van der Waals surface area (Å²) < 4.78 is 28.1. The van der Waals surface area contributed by atoms with E-state index < -0.39 is 15.4 Å². The van der Waals surface area contributed by atoms with Crippen LogP contribution in [-0.4, -0.2) is 42.3 Å². The first-order valence-electron chi connectivity index (χ1n) is 6.22. The van der Waals surface area contributed by atoms with Crippen molar-refractivity contribution < 1.29 is 13.5 Å². The fourth-order valence-electron chi connectivity index (χ4n) is 2.11. The SMILES string of the molecule is CCS(=O)(=O)c1c(N)nsc1N1CCC(C)(O)CC1. The van der Waals surface area contributed by atoms with Crippen LogP contribution in [0.4, 0.5) is 10.8 Å². The highest BCUT2D eigenvalue weighted by Crippen LogP contribution is 2.37. The van der Waals surface area contributed by atoms with Crippen LogP contribution in [0.3, 0.4) is 0 Å². The number of piperidine rings is 1. The minimum absolute atomic E-state index is 0.00810. The summed E-state index contributed by atoms with van der Waals surface area (Å²) in [6.45, 7) is 4.62. The number of rotatable bonds is 3. The van der Waals surface area contributed by atoms with Gasteiger partial charge in [-0.05, 0) is 31.3 Å². The summed E-state index contributed by atoms with van der Waals surface area (Å²) in [5.74, 6) is 0.0907. The van der Waals surface area contributed by atoms with Crippen molar-refractivity contribution in [1.29, 1.82) is 0 Å². The summed E-state index contributed by atoms with van der Waals surface area (Å²) in [4.78, 5) is 2.11. The highest BCUT2D eigenvalue weighted by Gasteiger charge is 2.32. The Hall–Kier alpha value is -0.860. The molecule has 0 radical (unpaired) electrons. The van der Waals surface area contributed by atoms with Crippen LogP contribution >= 0.6 is 11.5 Å². The fourth-order valence-corrected chi connectivity index (χ4v) is 4.47. The number of aliphatic hydroxyl groups is 1. The highest BCUT2D eigenvalue weighted by molar-refractivity contribution is 7.91. The minimum Gasteiger partial charge on any atom is -0.390 e. The summed E-state index contributed by atoms with van der Waals surface area (Å²) >= 11 is 1.12. The van der Waals surface area contributed by atoms with Gasteiger partial charge < -0.3 is 15.7 Å². The van der Waals surface area contributed by atoms with Gasteiger partial charge in [0.15, 0.2) is 15.7 Å². The topological polar surface area (TPSA) is 96.5 Å². The van der Waals surface area contributed by atoms with E-state index >= 15 is 0 Å². The number of nitrogens with zero attached hydrogens (tertiary/aromatic N) is 2. The van der Waals surface area contributed by atoms with Crippen molar-refractivity contribution in [3.63, 3.8) is 0 Å². The van der Waals surface area contributed by atoms with E-state index in [1.165, 1.54) is 0 Å². The lowest BCUT2D eigenvalue weighted by Gasteiger charge is -2.36. The molecule has 8 heteroatoms. The van der Waals surface area contributed by atoms with E-state index in [1.807, 2.05) is 4.90 Å². The number of aromatic nitrogens is 1. The second-order valence-electron chi connectivity index (χ2n) is 5.09. The molecular formula is C11H19N3O3S2. The molecule has 0 aromatic carbocycles. The Kier molecular flexibility index (Phi) is 3.76. The Morgan fingerprint density at radius 3 is 2.58 bits per heavy atom. The zero-order chi connectivity index (χ0) is 14.3. The maximum atomic E-state index is 12.1. The predicted molar refractivity (Wildman–Crippen MR) is 76.3 cm³/mol. The van der Waals surface area contributed by atoms with Gasteiger partial charge in [-0.3, -0.25) is 0 Å². The van der Waals surface area contributed by atoms with Gasteiger partial charge in [0.05, 0.1) is 11.4 Å². The van der Waals surface area contributed by atoms with Gasteiger partial charge in [-0.25, -0.2) is 8.42 Å². The summed E-state index contributed by atoms with van der Waals surface area (Å²) in [6, 6.07) is 0. The molecule has 1 fully saturated rings. The van der Waals surface area contributed by atoms with Gasteiger partial charge in [-0.15, -0.1) is 0 Å². The molecule has 3 N–H and O–H groups in total. The Balaban J connectivity index is 2.33. The van der Waals surface area contributed by atoms with Crippen molar-refractivity contribution in [3.05, 3.63) is 0 Å². The third kappa shape index (κ3) is 2.85. The Bertz CT molecular complexity index is 556. The molecule has 0 unspecified atom stereocenters. The molecule has 1 aliphatic heterocycles. The maximum absolute atomic E-state index is 12.1. The summed E-state index contributed by atoms with van der Waals surface area (Å²) in [7, 11) is -3.38. The van der Waals surface area contributed by atoms with E-state index in [9.17, 15) is 13.5 Å². The summed E-state index contributed by atoms with van der Waals surface area (Å²) in [5, 5.41) is 10.5. The van der Waals surface area contributed by atoms with Gasteiger partial charge in [-0.1, -0.05) is 6.92 Å². The van der Waals surface area contributed by atoms with E-state index in [2.05, 4.69) is 4.37 Å². The van der Waals surface area contributed by atoms with Crippen LogP contribution in [0.1, 0.15) is 26.7 Å². The normalized spacial score (nSPS) is 19.6. The smallest absolute Gasteiger partial charge is 0.184 e. The van der Waals surface area contributed by atoms with Crippen LogP contribution in [-0.2, 0) is 9.84 Å². The molecule has 1 aromatic heterocycles. The van der Waals surface area contributed by atoms with Gasteiger partial charge in [0, 0.05) is 13.1 Å². The van der Waals surface area contributed by atoms with E-state index in [1.54, 1.807) is 13.8 Å². The zero-order valence-electron chi connectivity index (χ0n) is 11.1. The standard InChI is InChI=1S/C11H19N3O3S2/c1-3-19(16,17)8-9(12)13-18-10(8)14-6-4-11(2,15)5-7-14/h15H,3-7H2,1-2H3,(H2,12,13). The van der Waals surface area contributed by atoms with Crippen LogP contribution in [0.15, 0.2) is 4.90 Å². The summed E-state index contributed by atoms with van der Waals surface area (Å²) in [5.41, 5.74) is 5.04. The third-order valence-electron chi connectivity index (χ3n) is 3.48. The van der Waals surface area contributed by atoms with Crippen molar-refractivity contribution in [2.45, 2.75) is 37.2 Å².